The summed E-state index contributed by atoms with van der Waals surface area (Å²) in [7, 11) is 0. The smallest absolute Gasteiger partial charge is 0.0170 e. The molecule has 0 heterocycles. The third-order valence-electron chi connectivity index (χ3n) is 4.54. The van der Waals surface area contributed by atoms with Gasteiger partial charge in [-0.1, -0.05) is 96.1 Å². The van der Waals surface area contributed by atoms with E-state index in [0.29, 0.717) is 6.54 Å². The maximum Gasteiger partial charge on any atom is -0.0170 e. The van der Waals surface area contributed by atoms with Crippen molar-refractivity contribution < 1.29 is 0 Å². The summed E-state index contributed by atoms with van der Waals surface area (Å²) >= 11 is 0. The molecule has 0 atom stereocenters. The number of hydroxylamine groups is 1. The van der Waals surface area contributed by atoms with E-state index in [1.54, 1.807) is 0 Å². The lowest BCUT2D eigenvalue weighted by atomic mass is 10.1. The Labute approximate surface area is 146 Å². The average Bonchev–Trinajstić information content (AvgIpc) is 2.57. The zero-order chi connectivity index (χ0) is 16.8. The second-order valence-electron chi connectivity index (χ2n) is 6.89. The number of unbranched alkanes of at least 4 members (excludes halogenated alkanes) is 15. The molecule has 23 heavy (non-hydrogen) atoms. The van der Waals surface area contributed by atoms with Crippen LogP contribution in [0.4, 0.5) is 0 Å². The molecule has 0 saturated heterocycles. The molecule has 0 amide bonds. The van der Waals surface area contributed by atoms with Crippen LogP contribution in [0, 0.1) is 5.21 Å². The van der Waals surface area contributed by atoms with Gasteiger partial charge in [-0.15, -0.1) is 0 Å². The molecule has 0 aromatic rings. The SMILES string of the molecule is CCCCCCCC/C=C\CCCCCCCCCCCN[O-]. The Hall–Kier alpha value is -0.340. The molecule has 0 aliphatic heterocycles. The molecule has 0 aromatic carbocycles. The van der Waals surface area contributed by atoms with Crippen LogP contribution < -0.4 is 5.48 Å². The topological polar surface area (TPSA) is 35.1 Å². The summed E-state index contributed by atoms with van der Waals surface area (Å²) in [5.41, 5.74) is 1.97. The molecule has 0 rings (SSSR count). The van der Waals surface area contributed by atoms with Crippen molar-refractivity contribution >= 4 is 0 Å². The summed E-state index contributed by atoms with van der Waals surface area (Å²) in [6, 6.07) is 0. The molecule has 0 saturated carbocycles. The van der Waals surface area contributed by atoms with Gasteiger partial charge in [0.2, 0.25) is 0 Å². The molecule has 0 spiro atoms. The molecule has 138 valence electrons. The van der Waals surface area contributed by atoms with Crippen LogP contribution in [-0.4, -0.2) is 6.54 Å². The zero-order valence-electron chi connectivity index (χ0n) is 15.8. The van der Waals surface area contributed by atoms with E-state index in [0.717, 1.165) is 6.42 Å². The van der Waals surface area contributed by atoms with E-state index in [2.05, 4.69) is 19.1 Å². The van der Waals surface area contributed by atoms with Crippen molar-refractivity contribution in [1.82, 2.24) is 5.48 Å². The zero-order valence-corrected chi connectivity index (χ0v) is 15.8. The van der Waals surface area contributed by atoms with E-state index >= 15 is 0 Å². The van der Waals surface area contributed by atoms with Gasteiger partial charge in [-0.25, -0.2) is 0 Å². The molecule has 2 heteroatoms. The molecule has 0 aliphatic carbocycles. The first-order chi connectivity index (χ1) is 11.4. The summed E-state index contributed by atoms with van der Waals surface area (Å²) in [6.07, 6.45) is 27.6. The molecule has 2 nitrogen and oxygen atoms in total. The highest BCUT2D eigenvalue weighted by Gasteiger charge is 1.92. The van der Waals surface area contributed by atoms with Crippen molar-refractivity contribution in [2.45, 2.75) is 116 Å². The highest BCUT2D eigenvalue weighted by molar-refractivity contribution is 4.81. The van der Waals surface area contributed by atoms with E-state index in [9.17, 15) is 5.21 Å². The fourth-order valence-electron chi connectivity index (χ4n) is 2.98. The van der Waals surface area contributed by atoms with Crippen molar-refractivity contribution in [3.8, 4) is 0 Å². The van der Waals surface area contributed by atoms with E-state index in [1.807, 2.05) is 5.48 Å². The number of allylic oxidation sites excluding steroid dienone is 2. The molecular formula is C21H42NO-. The predicted octanol–water partition coefficient (Wildman–Crippen LogP) is 7.28. The summed E-state index contributed by atoms with van der Waals surface area (Å²) in [5, 5.41) is 10.1. The number of nitrogens with one attached hydrogen (secondary N) is 1. The van der Waals surface area contributed by atoms with Crippen LogP contribution in [0.15, 0.2) is 12.2 Å². The fourth-order valence-corrected chi connectivity index (χ4v) is 2.98. The van der Waals surface area contributed by atoms with E-state index in [1.165, 1.54) is 103 Å². The third kappa shape index (κ3) is 21.7. The van der Waals surface area contributed by atoms with E-state index < -0.39 is 0 Å². The third-order valence-corrected chi connectivity index (χ3v) is 4.54. The van der Waals surface area contributed by atoms with Crippen LogP contribution in [-0.2, 0) is 0 Å². The van der Waals surface area contributed by atoms with Gasteiger partial charge in [-0.3, -0.25) is 0 Å². The van der Waals surface area contributed by atoms with Gasteiger partial charge in [0.25, 0.3) is 0 Å². The van der Waals surface area contributed by atoms with Crippen LogP contribution in [0.5, 0.6) is 0 Å². The number of hydrogen-bond acceptors (Lipinski definition) is 2. The quantitative estimate of drug-likeness (QED) is 0.154. The minimum Gasteiger partial charge on any atom is -0.788 e. The average molecular weight is 325 g/mol. The normalized spacial score (nSPS) is 11.6. The monoisotopic (exact) mass is 324 g/mol. The Bertz CT molecular complexity index is 228. The lowest BCUT2D eigenvalue weighted by molar-refractivity contribution is 0.556. The maximum absolute atomic E-state index is 10.1. The standard InChI is InChI=1S/C21H42NO/c1-2-3-4-5-6-7-8-9-10-11-12-13-14-15-16-17-18-19-20-21-22-23/h9-10,22H,2-8,11-21H2,1H3/q-1/b10-9-. The summed E-state index contributed by atoms with van der Waals surface area (Å²) < 4.78 is 0. The summed E-state index contributed by atoms with van der Waals surface area (Å²) in [6.45, 7) is 2.91. The molecule has 0 fully saturated rings. The second-order valence-corrected chi connectivity index (χ2v) is 6.89. The van der Waals surface area contributed by atoms with Crippen molar-refractivity contribution in [2.24, 2.45) is 0 Å². The van der Waals surface area contributed by atoms with Crippen LogP contribution in [0.25, 0.3) is 0 Å². The van der Waals surface area contributed by atoms with Crippen LogP contribution in [0.2, 0.25) is 0 Å². The van der Waals surface area contributed by atoms with E-state index in [4.69, 9.17) is 0 Å². The Balaban J connectivity index is 3.02. The van der Waals surface area contributed by atoms with Crippen LogP contribution in [0.1, 0.15) is 116 Å². The van der Waals surface area contributed by atoms with Gasteiger partial charge in [0.05, 0.1) is 0 Å². The minimum atomic E-state index is 0.631. The van der Waals surface area contributed by atoms with Gasteiger partial charge >= 0.3 is 0 Å². The minimum absolute atomic E-state index is 0.631. The Morgan fingerprint density at radius 2 is 0.957 bits per heavy atom. The van der Waals surface area contributed by atoms with Gasteiger partial charge in [-0.05, 0) is 38.6 Å². The number of rotatable bonds is 19. The van der Waals surface area contributed by atoms with Crippen molar-refractivity contribution in [3.05, 3.63) is 17.4 Å². The van der Waals surface area contributed by atoms with Crippen LogP contribution in [0.3, 0.4) is 0 Å². The first-order valence-electron chi connectivity index (χ1n) is 10.4. The van der Waals surface area contributed by atoms with Crippen molar-refractivity contribution in [3.63, 3.8) is 0 Å². The van der Waals surface area contributed by atoms with E-state index in [-0.39, 0.29) is 0 Å². The molecule has 1 N–H and O–H groups in total. The summed E-state index contributed by atoms with van der Waals surface area (Å²) in [5.74, 6) is 0. The molecule has 0 aromatic heterocycles. The Kier molecular flexibility index (Phi) is 21.3. The molecule has 0 radical (unpaired) electrons. The second kappa shape index (κ2) is 21.7. The number of hydrogen-bond donors (Lipinski definition) is 1. The maximum atomic E-state index is 10.1. The molecule has 0 aliphatic rings. The van der Waals surface area contributed by atoms with Gasteiger partial charge in [0.15, 0.2) is 0 Å². The largest absolute Gasteiger partial charge is 0.788 e. The molecular weight excluding hydrogens is 282 g/mol. The lowest BCUT2D eigenvalue weighted by Gasteiger charge is -2.06. The van der Waals surface area contributed by atoms with Gasteiger partial charge in [0, 0.05) is 0 Å². The molecule has 0 bridgehead atoms. The lowest BCUT2D eigenvalue weighted by Crippen LogP contribution is -2.04. The first-order valence-corrected chi connectivity index (χ1v) is 10.4. The fraction of sp³-hybridized carbons (Fsp3) is 0.905. The molecule has 0 unspecified atom stereocenters. The van der Waals surface area contributed by atoms with Crippen molar-refractivity contribution in [2.75, 3.05) is 6.54 Å². The van der Waals surface area contributed by atoms with Crippen molar-refractivity contribution in [1.29, 1.82) is 0 Å². The summed E-state index contributed by atoms with van der Waals surface area (Å²) in [4.78, 5) is 0. The van der Waals surface area contributed by atoms with Crippen LogP contribution >= 0.6 is 0 Å². The first kappa shape index (κ1) is 22.7. The highest BCUT2D eigenvalue weighted by atomic mass is 16.5. The Morgan fingerprint density at radius 3 is 1.39 bits per heavy atom. The van der Waals surface area contributed by atoms with Gasteiger partial charge in [0.1, 0.15) is 0 Å². The van der Waals surface area contributed by atoms with Gasteiger partial charge in [-0.2, -0.15) is 0 Å². The highest BCUT2D eigenvalue weighted by Crippen LogP contribution is 2.11. The Morgan fingerprint density at radius 1 is 0.565 bits per heavy atom. The predicted molar refractivity (Wildman–Crippen MR) is 105 cm³/mol. The van der Waals surface area contributed by atoms with Gasteiger partial charge < -0.3 is 10.7 Å².